The van der Waals surface area contributed by atoms with Gasteiger partial charge in [0.05, 0.1) is 18.4 Å². The van der Waals surface area contributed by atoms with Crippen LogP contribution in [-0.4, -0.2) is 37.4 Å². The van der Waals surface area contributed by atoms with Gasteiger partial charge in [0.25, 0.3) is 5.56 Å². The Morgan fingerprint density at radius 3 is 2.55 bits per heavy atom. The number of rotatable bonds is 6. The maximum Gasteiger partial charge on any atom is 0.295 e. The fraction of sp³-hybridized carbons (Fsp3) is 0.125. The average molecular weight is 412 g/mol. The molecule has 1 unspecified atom stereocenters. The summed E-state index contributed by atoms with van der Waals surface area (Å²) in [5.41, 5.74) is 0.812. The first-order valence-corrected chi connectivity index (χ1v) is 9.98. The van der Waals surface area contributed by atoms with E-state index in [0.29, 0.717) is 16.7 Å². The Morgan fingerprint density at radius 2 is 1.71 bits per heavy atom. The standard InChI is InChI=1S/C24H20N4O3/c29-21(16-31-22-11-10-17-6-4-5-7-18(17)12-22)15-28-24(30)23-19(13-25-28)14-27(26-23)20-8-2-1-3-9-20/h1-14,21,29H,15-16H2. The molecule has 0 saturated heterocycles. The molecule has 0 aliphatic carbocycles. The maximum atomic E-state index is 12.8. The van der Waals surface area contributed by atoms with Crippen molar-refractivity contribution in [3.8, 4) is 11.4 Å². The third kappa shape index (κ3) is 3.91. The molecule has 0 fully saturated rings. The average Bonchev–Trinajstić information content (AvgIpc) is 3.25. The van der Waals surface area contributed by atoms with Crippen LogP contribution in [0.25, 0.3) is 27.4 Å². The van der Waals surface area contributed by atoms with Crippen molar-refractivity contribution in [2.45, 2.75) is 12.6 Å². The molecule has 0 bridgehead atoms. The summed E-state index contributed by atoms with van der Waals surface area (Å²) in [6, 6.07) is 23.3. The van der Waals surface area contributed by atoms with Crippen LogP contribution in [0.1, 0.15) is 0 Å². The lowest BCUT2D eigenvalue weighted by Gasteiger charge is -2.13. The number of aliphatic hydroxyl groups is 1. The molecule has 0 amide bonds. The van der Waals surface area contributed by atoms with Gasteiger partial charge >= 0.3 is 0 Å². The highest BCUT2D eigenvalue weighted by atomic mass is 16.5. The number of benzene rings is 3. The first-order valence-electron chi connectivity index (χ1n) is 9.98. The van der Waals surface area contributed by atoms with Gasteiger partial charge in [0.15, 0.2) is 5.52 Å². The van der Waals surface area contributed by atoms with Crippen molar-refractivity contribution in [3.05, 3.63) is 95.5 Å². The molecule has 2 heterocycles. The molecule has 0 aliphatic rings. The number of ether oxygens (including phenoxy) is 1. The molecule has 5 rings (SSSR count). The zero-order valence-corrected chi connectivity index (χ0v) is 16.6. The normalized spacial score (nSPS) is 12.3. The highest BCUT2D eigenvalue weighted by molar-refractivity contribution is 5.83. The maximum absolute atomic E-state index is 12.8. The Labute approximate surface area is 177 Å². The number of nitrogens with zero attached hydrogens (tertiary/aromatic N) is 4. The third-order valence-corrected chi connectivity index (χ3v) is 5.08. The van der Waals surface area contributed by atoms with Gasteiger partial charge in [-0.15, -0.1) is 0 Å². The van der Waals surface area contributed by atoms with Gasteiger partial charge in [-0.1, -0.05) is 48.5 Å². The van der Waals surface area contributed by atoms with E-state index in [1.807, 2.05) is 72.8 Å². The molecule has 0 radical (unpaired) electrons. The van der Waals surface area contributed by atoms with Crippen LogP contribution in [-0.2, 0) is 6.54 Å². The summed E-state index contributed by atoms with van der Waals surface area (Å²) < 4.78 is 8.60. The summed E-state index contributed by atoms with van der Waals surface area (Å²) >= 11 is 0. The van der Waals surface area contributed by atoms with Gasteiger partial charge in [-0.05, 0) is 35.0 Å². The first kappa shape index (κ1) is 19.0. The summed E-state index contributed by atoms with van der Waals surface area (Å²) in [7, 11) is 0. The van der Waals surface area contributed by atoms with Crippen molar-refractivity contribution >= 4 is 21.7 Å². The minimum Gasteiger partial charge on any atom is -0.491 e. The van der Waals surface area contributed by atoms with E-state index in [1.54, 1.807) is 17.1 Å². The number of fused-ring (bicyclic) bond motifs is 2. The minimum absolute atomic E-state index is 0.0144. The molecule has 1 N–H and O–H groups in total. The first-order chi connectivity index (χ1) is 15.2. The lowest BCUT2D eigenvalue weighted by Crippen LogP contribution is -2.31. The van der Waals surface area contributed by atoms with E-state index >= 15 is 0 Å². The van der Waals surface area contributed by atoms with E-state index in [4.69, 9.17) is 4.74 Å². The molecular weight excluding hydrogens is 392 g/mol. The quantitative estimate of drug-likeness (QED) is 0.463. The summed E-state index contributed by atoms with van der Waals surface area (Å²) in [5, 5.41) is 21.8. The van der Waals surface area contributed by atoms with E-state index in [2.05, 4.69) is 10.2 Å². The summed E-state index contributed by atoms with van der Waals surface area (Å²) in [4.78, 5) is 12.8. The number of hydrogen-bond acceptors (Lipinski definition) is 5. The predicted octanol–water partition coefficient (Wildman–Crippen LogP) is 3.18. The minimum atomic E-state index is -0.898. The molecule has 3 aromatic carbocycles. The van der Waals surface area contributed by atoms with Gasteiger partial charge in [0.1, 0.15) is 18.5 Å². The topological polar surface area (TPSA) is 82.2 Å². The van der Waals surface area contributed by atoms with Crippen molar-refractivity contribution < 1.29 is 9.84 Å². The lowest BCUT2D eigenvalue weighted by molar-refractivity contribution is 0.0882. The second kappa shape index (κ2) is 8.04. The van der Waals surface area contributed by atoms with Crippen LogP contribution >= 0.6 is 0 Å². The zero-order chi connectivity index (χ0) is 21.2. The van der Waals surface area contributed by atoms with Gasteiger partial charge in [-0.2, -0.15) is 10.2 Å². The fourth-order valence-corrected chi connectivity index (χ4v) is 3.50. The number of para-hydroxylation sites is 1. The van der Waals surface area contributed by atoms with E-state index in [1.165, 1.54) is 4.68 Å². The van der Waals surface area contributed by atoms with E-state index in [9.17, 15) is 9.90 Å². The van der Waals surface area contributed by atoms with E-state index < -0.39 is 6.10 Å². The van der Waals surface area contributed by atoms with Crippen LogP contribution < -0.4 is 10.3 Å². The van der Waals surface area contributed by atoms with Crippen LogP contribution in [0.3, 0.4) is 0 Å². The van der Waals surface area contributed by atoms with Crippen LogP contribution in [0, 0.1) is 0 Å². The molecule has 5 aromatic rings. The Bertz CT molecular complexity index is 1410. The molecule has 0 spiro atoms. The van der Waals surface area contributed by atoms with Crippen LogP contribution in [0.5, 0.6) is 5.75 Å². The van der Waals surface area contributed by atoms with Crippen molar-refractivity contribution in [2.75, 3.05) is 6.61 Å². The fourth-order valence-electron chi connectivity index (χ4n) is 3.50. The second-order valence-electron chi connectivity index (χ2n) is 7.32. The molecule has 1 atom stereocenters. The highest BCUT2D eigenvalue weighted by Crippen LogP contribution is 2.20. The molecule has 7 heteroatoms. The smallest absolute Gasteiger partial charge is 0.295 e. The molecular formula is C24H20N4O3. The summed E-state index contributed by atoms with van der Waals surface area (Å²) in [6.45, 7) is 0.0590. The molecule has 0 saturated carbocycles. The Hall–Kier alpha value is -3.97. The Morgan fingerprint density at radius 1 is 0.935 bits per heavy atom. The van der Waals surface area contributed by atoms with Gasteiger partial charge in [-0.3, -0.25) is 4.79 Å². The number of aromatic nitrogens is 4. The second-order valence-corrected chi connectivity index (χ2v) is 7.32. The SMILES string of the molecule is O=c1c2nn(-c3ccccc3)cc2cnn1CC(O)COc1ccc2ccccc2c1. The lowest BCUT2D eigenvalue weighted by atomic mass is 10.1. The summed E-state index contributed by atoms with van der Waals surface area (Å²) in [5.74, 6) is 0.662. The largest absolute Gasteiger partial charge is 0.491 e. The predicted molar refractivity (Wildman–Crippen MR) is 119 cm³/mol. The van der Waals surface area contributed by atoms with Crippen LogP contribution in [0.2, 0.25) is 0 Å². The van der Waals surface area contributed by atoms with Crippen molar-refractivity contribution in [1.29, 1.82) is 0 Å². The molecule has 7 nitrogen and oxygen atoms in total. The highest BCUT2D eigenvalue weighted by Gasteiger charge is 2.13. The zero-order valence-electron chi connectivity index (χ0n) is 16.6. The van der Waals surface area contributed by atoms with Gasteiger partial charge < -0.3 is 9.84 Å². The van der Waals surface area contributed by atoms with Crippen molar-refractivity contribution in [1.82, 2.24) is 19.6 Å². The summed E-state index contributed by atoms with van der Waals surface area (Å²) in [6.07, 6.45) is 2.45. The molecule has 0 aliphatic heterocycles. The Kier molecular flexibility index (Phi) is 4.93. The van der Waals surface area contributed by atoms with Gasteiger partial charge in [0, 0.05) is 11.6 Å². The van der Waals surface area contributed by atoms with Crippen molar-refractivity contribution in [2.24, 2.45) is 0 Å². The van der Waals surface area contributed by atoms with E-state index in [-0.39, 0.29) is 18.7 Å². The molecule has 2 aromatic heterocycles. The Balaban J connectivity index is 1.31. The van der Waals surface area contributed by atoms with Gasteiger partial charge in [0.2, 0.25) is 0 Å². The van der Waals surface area contributed by atoms with Crippen LogP contribution in [0.15, 0.2) is 90.0 Å². The molecule has 154 valence electrons. The number of aliphatic hydroxyl groups excluding tert-OH is 1. The molecule has 31 heavy (non-hydrogen) atoms. The monoisotopic (exact) mass is 412 g/mol. The van der Waals surface area contributed by atoms with Gasteiger partial charge in [-0.25, -0.2) is 9.36 Å². The van der Waals surface area contributed by atoms with E-state index in [0.717, 1.165) is 16.5 Å². The van der Waals surface area contributed by atoms with Crippen LogP contribution in [0.4, 0.5) is 0 Å². The van der Waals surface area contributed by atoms with Crippen molar-refractivity contribution in [3.63, 3.8) is 0 Å². The third-order valence-electron chi connectivity index (χ3n) is 5.08. The number of hydrogen-bond donors (Lipinski definition) is 1.